The quantitative estimate of drug-likeness (QED) is 0.885. The molecule has 1 heterocycles. The zero-order valence-electron chi connectivity index (χ0n) is 11.4. The molecule has 106 valence electrons. The molecule has 1 aromatic carbocycles. The number of aliphatic hydroxyl groups is 1. The number of methoxy groups -OCH3 is 1. The number of ether oxygens (including phenoxy) is 1. The molecule has 1 aliphatic carbocycles. The monoisotopic (exact) mass is 290 g/mol. The number of hydrogen-bond donors (Lipinski definition) is 2. The van der Waals surface area contributed by atoms with Gasteiger partial charge in [0.05, 0.1) is 24.4 Å². The van der Waals surface area contributed by atoms with Gasteiger partial charge < -0.3 is 15.2 Å². The third-order valence-corrected chi connectivity index (χ3v) is 4.45. The Morgan fingerprint density at radius 3 is 3.15 bits per heavy atom. The fourth-order valence-corrected chi connectivity index (χ4v) is 3.42. The van der Waals surface area contributed by atoms with E-state index in [4.69, 9.17) is 4.74 Å². The van der Waals surface area contributed by atoms with Crippen molar-refractivity contribution in [1.29, 1.82) is 0 Å². The molecule has 0 radical (unpaired) electrons. The summed E-state index contributed by atoms with van der Waals surface area (Å²) < 4.78 is 5.07. The Balaban J connectivity index is 1.66. The van der Waals surface area contributed by atoms with Crippen molar-refractivity contribution in [2.24, 2.45) is 0 Å². The molecule has 0 aliphatic heterocycles. The van der Waals surface area contributed by atoms with Crippen molar-refractivity contribution in [1.82, 2.24) is 10.3 Å². The summed E-state index contributed by atoms with van der Waals surface area (Å²) in [5.41, 5.74) is 3.43. The van der Waals surface area contributed by atoms with Gasteiger partial charge in [-0.25, -0.2) is 4.98 Å². The second kappa shape index (κ2) is 6.01. The molecule has 1 aliphatic rings. The van der Waals surface area contributed by atoms with Crippen LogP contribution in [-0.4, -0.2) is 23.3 Å². The Hall–Kier alpha value is -1.27. The molecule has 0 spiro atoms. The van der Waals surface area contributed by atoms with E-state index in [1.165, 1.54) is 11.1 Å². The van der Waals surface area contributed by atoms with Crippen molar-refractivity contribution in [3.05, 3.63) is 51.5 Å². The molecule has 2 N–H and O–H groups in total. The van der Waals surface area contributed by atoms with E-state index in [9.17, 15) is 5.11 Å². The first-order chi connectivity index (χ1) is 9.78. The van der Waals surface area contributed by atoms with E-state index in [1.54, 1.807) is 18.4 Å². The molecule has 3 rings (SSSR count). The summed E-state index contributed by atoms with van der Waals surface area (Å²) in [4.78, 5) is 4.49. The normalized spacial score (nSPS) is 21.1. The molecular formula is C15H18N2O2S. The molecule has 0 saturated heterocycles. The van der Waals surface area contributed by atoms with Crippen molar-refractivity contribution >= 4 is 11.3 Å². The van der Waals surface area contributed by atoms with E-state index in [1.807, 2.05) is 17.5 Å². The molecule has 0 amide bonds. The van der Waals surface area contributed by atoms with Gasteiger partial charge in [-0.15, -0.1) is 11.3 Å². The van der Waals surface area contributed by atoms with Crippen molar-refractivity contribution in [2.45, 2.75) is 31.7 Å². The highest BCUT2D eigenvalue weighted by Gasteiger charge is 2.30. The third-order valence-electron chi connectivity index (χ3n) is 3.57. The van der Waals surface area contributed by atoms with Crippen LogP contribution in [0.4, 0.5) is 0 Å². The Labute approximate surface area is 122 Å². The average Bonchev–Trinajstić information content (AvgIpc) is 3.01. The highest BCUT2D eigenvalue weighted by atomic mass is 32.1. The molecule has 0 unspecified atom stereocenters. The van der Waals surface area contributed by atoms with Crippen LogP contribution in [0.5, 0.6) is 0 Å². The molecule has 1 aromatic heterocycles. The van der Waals surface area contributed by atoms with Gasteiger partial charge in [0.25, 0.3) is 0 Å². The van der Waals surface area contributed by atoms with Crippen LogP contribution in [0.2, 0.25) is 0 Å². The lowest BCUT2D eigenvalue weighted by Crippen LogP contribution is -2.28. The van der Waals surface area contributed by atoms with Crippen LogP contribution in [-0.2, 0) is 24.3 Å². The van der Waals surface area contributed by atoms with Crippen LogP contribution >= 0.6 is 11.3 Å². The lowest BCUT2D eigenvalue weighted by Gasteiger charge is -2.17. The Kier molecular flexibility index (Phi) is 4.12. The van der Waals surface area contributed by atoms with Crippen LogP contribution < -0.4 is 5.32 Å². The van der Waals surface area contributed by atoms with Gasteiger partial charge >= 0.3 is 0 Å². The van der Waals surface area contributed by atoms with Crippen LogP contribution in [0.15, 0.2) is 29.6 Å². The van der Waals surface area contributed by atoms with E-state index in [0.717, 1.165) is 17.1 Å². The smallest absolute Gasteiger partial charge is 0.119 e. The van der Waals surface area contributed by atoms with Crippen LogP contribution in [0.1, 0.15) is 27.9 Å². The van der Waals surface area contributed by atoms with Gasteiger partial charge in [0.15, 0.2) is 0 Å². The van der Waals surface area contributed by atoms with Crippen molar-refractivity contribution in [3.8, 4) is 0 Å². The minimum absolute atomic E-state index is 0.00113. The number of nitrogens with zero attached hydrogens (tertiary/aromatic N) is 1. The number of benzene rings is 1. The summed E-state index contributed by atoms with van der Waals surface area (Å²) in [7, 11) is 1.67. The van der Waals surface area contributed by atoms with E-state index >= 15 is 0 Å². The molecule has 0 bridgehead atoms. The summed E-state index contributed by atoms with van der Waals surface area (Å²) in [6.07, 6.45) is 0.365. The molecule has 2 aromatic rings. The standard InChI is InChI=1S/C15H18N2O2S/c1-19-8-14-17-11(9-20-14)7-16-15-12-5-3-2-4-10(12)6-13(15)18/h2-5,9,13,15-16,18H,6-8H2,1H3/t13-,15+/m1/s1. The highest BCUT2D eigenvalue weighted by molar-refractivity contribution is 7.09. The maximum atomic E-state index is 10.2. The summed E-state index contributed by atoms with van der Waals surface area (Å²) >= 11 is 1.60. The van der Waals surface area contributed by atoms with Gasteiger partial charge in [0, 0.05) is 25.5 Å². The first kappa shape index (κ1) is 13.7. The topological polar surface area (TPSA) is 54.4 Å². The maximum Gasteiger partial charge on any atom is 0.119 e. The SMILES string of the molecule is COCc1nc(CN[C@H]2c3ccccc3C[C@H]2O)cs1. The predicted octanol–water partition coefficient (Wildman–Crippen LogP) is 2.04. The maximum absolute atomic E-state index is 10.2. The second-order valence-electron chi connectivity index (χ2n) is 4.99. The van der Waals surface area contributed by atoms with Gasteiger partial charge in [-0.3, -0.25) is 0 Å². The minimum Gasteiger partial charge on any atom is -0.391 e. The fourth-order valence-electron chi connectivity index (χ4n) is 2.65. The molecule has 2 atom stereocenters. The minimum atomic E-state index is -0.357. The number of fused-ring (bicyclic) bond motifs is 1. The summed E-state index contributed by atoms with van der Waals surface area (Å²) in [5.74, 6) is 0. The van der Waals surface area contributed by atoms with Gasteiger partial charge in [-0.05, 0) is 11.1 Å². The molecule has 0 saturated carbocycles. The van der Waals surface area contributed by atoms with E-state index in [2.05, 4.69) is 22.4 Å². The molecular weight excluding hydrogens is 272 g/mol. The lowest BCUT2D eigenvalue weighted by atomic mass is 10.1. The largest absolute Gasteiger partial charge is 0.391 e. The molecule has 5 heteroatoms. The molecule has 4 nitrogen and oxygen atoms in total. The zero-order valence-corrected chi connectivity index (χ0v) is 12.2. The first-order valence-corrected chi connectivity index (χ1v) is 7.57. The number of aromatic nitrogens is 1. The summed E-state index contributed by atoms with van der Waals surface area (Å²) in [6, 6.07) is 8.20. The molecule has 0 fully saturated rings. The number of thiazole rings is 1. The van der Waals surface area contributed by atoms with E-state index in [-0.39, 0.29) is 12.1 Å². The predicted molar refractivity (Wildman–Crippen MR) is 78.6 cm³/mol. The first-order valence-electron chi connectivity index (χ1n) is 6.69. The van der Waals surface area contributed by atoms with E-state index in [0.29, 0.717) is 13.2 Å². The van der Waals surface area contributed by atoms with Crippen LogP contribution in [0.3, 0.4) is 0 Å². The zero-order chi connectivity index (χ0) is 13.9. The summed E-state index contributed by atoms with van der Waals surface area (Å²) in [5, 5.41) is 16.6. The van der Waals surface area contributed by atoms with Crippen LogP contribution in [0, 0.1) is 0 Å². The Bertz CT molecular complexity index is 585. The van der Waals surface area contributed by atoms with E-state index < -0.39 is 0 Å². The van der Waals surface area contributed by atoms with Crippen LogP contribution in [0.25, 0.3) is 0 Å². The van der Waals surface area contributed by atoms with Crippen molar-refractivity contribution < 1.29 is 9.84 Å². The fraction of sp³-hybridized carbons (Fsp3) is 0.400. The van der Waals surface area contributed by atoms with Gasteiger partial charge in [0.2, 0.25) is 0 Å². The summed E-state index contributed by atoms with van der Waals surface area (Å²) in [6.45, 7) is 1.22. The van der Waals surface area contributed by atoms with Gasteiger partial charge in [-0.2, -0.15) is 0 Å². The van der Waals surface area contributed by atoms with Crippen molar-refractivity contribution in [2.75, 3.05) is 7.11 Å². The molecule has 20 heavy (non-hydrogen) atoms. The number of aliphatic hydroxyl groups excluding tert-OH is 1. The van der Waals surface area contributed by atoms with Crippen molar-refractivity contribution in [3.63, 3.8) is 0 Å². The number of hydrogen-bond acceptors (Lipinski definition) is 5. The highest BCUT2D eigenvalue weighted by Crippen LogP contribution is 2.31. The average molecular weight is 290 g/mol. The lowest BCUT2D eigenvalue weighted by molar-refractivity contribution is 0.140. The Morgan fingerprint density at radius 1 is 1.45 bits per heavy atom. The van der Waals surface area contributed by atoms with Gasteiger partial charge in [-0.1, -0.05) is 24.3 Å². The Morgan fingerprint density at radius 2 is 2.30 bits per heavy atom. The number of nitrogens with one attached hydrogen (secondary N) is 1. The number of rotatable bonds is 5. The third kappa shape index (κ3) is 2.76. The second-order valence-corrected chi connectivity index (χ2v) is 5.94. The van der Waals surface area contributed by atoms with Gasteiger partial charge in [0.1, 0.15) is 5.01 Å².